The van der Waals surface area contributed by atoms with Gasteiger partial charge in [-0.2, -0.15) is 0 Å². The van der Waals surface area contributed by atoms with Crippen LogP contribution < -0.4 is 5.32 Å². The van der Waals surface area contributed by atoms with Crippen molar-refractivity contribution in [1.29, 1.82) is 0 Å². The standard InChI is InChI=1S/C15H23N/c1-13(14-9-5-4-6-10-14)16-15-11-7-2-3-8-12-15/h4-6,9-10,13,15-16H,2-3,7-8,11-12H2,1H3/t13-/m1/s1. The highest BCUT2D eigenvalue weighted by Gasteiger charge is 2.14. The van der Waals surface area contributed by atoms with Gasteiger partial charge in [0.25, 0.3) is 0 Å². The molecular weight excluding hydrogens is 194 g/mol. The Morgan fingerprint density at radius 2 is 1.62 bits per heavy atom. The van der Waals surface area contributed by atoms with Crippen LogP contribution >= 0.6 is 0 Å². The number of hydrogen-bond acceptors (Lipinski definition) is 1. The molecule has 0 aliphatic heterocycles. The molecule has 1 aliphatic carbocycles. The lowest BCUT2D eigenvalue weighted by atomic mass is 10.0. The molecule has 0 saturated heterocycles. The van der Waals surface area contributed by atoms with Gasteiger partial charge in [-0.1, -0.05) is 56.0 Å². The third-order valence-electron chi connectivity index (χ3n) is 3.64. The first-order valence-corrected chi connectivity index (χ1v) is 6.67. The Morgan fingerprint density at radius 1 is 1.00 bits per heavy atom. The minimum atomic E-state index is 0.490. The highest BCUT2D eigenvalue weighted by atomic mass is 14.9. The van der Waals surface area contributed by atoms with E-state index in [1.54, 1.807) is 0 Å². The minimum Gasteiger partial charge on any atom is -0.307 e. The molecule has 1 N–H and O–H groups in total. The quantitative estimate of drug-likeness (QED) is 0.753. The van der Waals surface area contributed by atoms with Gasteiger partial charge in [-0.3, -0.25) is 0 Å². The molecule has 1 atom stereocenters. The second-order valence-electron chi connectivity index (χ2n) is 4.99. The molecule has 0 radical (unpaired) electrons. The number of nitrogens with one attached hydrogen (secondary N) is 1. The summed E-state index contributed by atoms with van der Waals surface area (Å²) >= 11 is 0. The fourth-order valence-corrected chi connectivity index (χ4v) is 2.64. The molecule has 0 spiro atoms. The van der Waals surface area contributed by atoms with Crippen molar-refractivity contribution in [2.75, 3.05) is 0 Å². The highest BCUT2D eigenvalue weighted by molar-refractivity contribution is 5.18. The molecule has 1 fully saturated rings. The van der Waals surface area contributed by atoms with E-state index in [-0.39, 0.29) is 0 Å². The summed E-state index contributed by atoms with van der Waals surface area (Å²) in [5, 5.41) is 3.78. The van der Waals surface area contributed by atoms with Gasteiger partial charge in [0.05, 0.1) is 0 Å². The molecule has 1 saturated carbocycles. The molecule has 1 aliphatic rings. The van der Waals surface area contributed by atoms with Crippen molar-refractivity contribution < 1.29 is 0 Å². The van der Waals surface area contributed by atoms with E-state index in [1.807, 2.05) is 0 Å². The van der Waals surface area contributed by atoms with Crippen LogP contribution in [0.25, 0.3) is 0 Å². The molecule has 1 nitrogen and oxygen atoms in total. The van der Waals surface area contributed by atoms with Crippen molar-refractivity contribution in [3.8, 4) is 0 Å². The Hall–Kier alpha value is -0.820. The molecule has 1 aromatic rings. The average Bonchev–Trinajstić information content (AvgIpc) is 2.59. The molecule has 0 unspecified atom stereocenters. The van der Waals surface area contributed by atoms with Gasteiger partial charge in [-0.05, 0) is 25.3 Å². The second kappa shape index (κ2) is 6.05. The van der Waals surface area contributed by atoms with E-state index < -0.39 is 0 Å². The lowest BCUT2D eigenvalue weighted by Gasteiger charge is -2.22. The third-order valence-corrected chi connectivity index (χ3v) is 3.64. The summed E-state index contributed by atoms with van der Waals surface area (Å²) in [5.41, 5.74) is 1.41. The first-order valence-electron chi connectivity index (χ1n) is 6.67. The molecule has 1 aromatic carbocycles. The van der Waals surface area contributed by atoms with Gasteiger partial charge in [0, 0.05) is 12.1 Å². The Bertz CT molecular complexity index is 286. The Kier molecular flexibility index (Phi) is 4.41. The summed E-state index contributed by atoms with van der Waals surface area (Å²) < 4.78 is 0. The van der Waals surface area contributed by atoms with Crippen molar-refractivity contribution >= 4 is 0 Å². The molecule has 16 heavy (non-hydrogen) atoms. The van der Waals surface area contributed by atoms with E-state index in [4.69, 9.17) is 0 Å². The van der Waals surface area contributed by atoms with Crippen LogP contribution in [-0.2, 0) is 0 Å². The van der Waals surface area contributed by atoms with Crippen LogP contribution in [0.15, 0.2) is 30.3 Å². The normalized spacial score (nSPS) is 20.3. The predicted molar refractivity (Wildman–Crippen MR) is 69.5 cm³/mol. The lowest BCUT2D eigenvalue weighted by molar-refractivity contribution is 0.414. The van der Waals surface area contributed by atoms with Gasteiger partial charge in [-0.15, -0.1) is 0 Å². The van der Waals surface area contributed by atoms with Gasteiger partial charge in [0.1, 0.15) is 0 Å². The molecule has 0 amide bonds. The fraction of sp³-hybridized carbons (Fsp3) is 0.600. The van der Waals surface area contributed by atoms with Crippen molar-refractivity contribution in [1.82, 2.24) is 5.32 Å². The van der Waals surface area contributed by atoms with Crippen LogP contribution in [0.4, 0.5) is 0 Å². The van der Waals surface area contributed by atoms with E-state index in [1.165, 1.54) is 44.1 Å². The summed E-state index contributed by atoms with van der Waals surface area (Å²) in [6.07, 6.45) is 8.38. The van der Waals surface area contributed by atoms with Crippen molar-refractivity contribution in [3.05, 3.63) is 35.9 Å². The van der Waals surface area contributed by atoms with Crippen molar-refractivity contribution in [2.45, 2.75) is 57.5 Å². The fourth-order valence-electron chi connectivity index (χ4n) is 2.64. The van der Waals surface area contributed by atoms with Crippen LogP contribution in [0.5, 0.6) is 0 Å². The third kappa shape index (κ3) is 3.34. The van der Waals surface area contributed by atoms with Gasteiger partial charge < -0.3 is 5.32 Å². The zero-order valence-corrected chi connectivity index (χ0v) is 10.3. The van der Waals surface area contributed by atoms with Crippen LogP contribution in [0.1, 0.15) is 57.1 Å². The number of rotatable bonds is 3. The second-order valence-corrected chi connectivity index (χ2v) is 4.99. The van der Waals surface area contributed by atoms with Gasteiger partial charge >= 0.3 is 0 Å². The molecule has 88 valence electrons. The van der Waals surface area contributed by atoms with Crippen molar-refractivity contribution in [3.63, 3.8) is 0 Å². The van der Waals surface area contributed by atoms with Crippen LogP contribution in [0.3, 0.4) is 0 Å². The molecule has 2 rings (SSSR count). The first kappa shape index (κ1) is 11.7. The van der Waals surface area contributed by atoms with E-state index in [0.717, 1.165) is 6.04 Å². The Morgan fingerprint density at radius 3 is 2.25 bits per heavy atom. The largest absolute Gasteiger partial charge is 0.307 e. The van der Waals surface area contributed by atoms with Crippen molar-refractivity contribution in [2.24, 2.45) is 0 Å². The maximum absolute atomic E-state index is 3.78. The summed E-state index contributed by atoms with van der Waals surface area (Å²) in [7, 11) is 0. The van der Waals surface area contributed by atoms with E-state index in [9.17, 15) is 0 Å². The summed E-state index contributed by atoms with van der Waals surface area (Å²) in [6.45, 7) is 2.28. The zero-order valence-electron chi connectivity index (χ0n) is 10.3. The predicted octanol–water partition coefficient (Wildman–Crippen LogP) is 4.06. The van der Waals surface area contributed by atoms with Crippen LogP contribution in [-0.4, -0.2) is 6.04 Å². The van der Waals surface area contributed by atoms with Gasteiger partial charge in [-0.25, -0.2) is 0 Å². The van der Waals surface area contributed by atoms with E-state index >= 15 is 0 Å². The van der Waals surface area contributed by atoms with Gasteiger partial charge in [0.2, 0.25) is 0 Å². The smallest absolute Gasteiger partial charge is 0.0294 e. The molecular formula is C15H23N. The number of benzene rings is 1. The van der Waals surface area contributed by atoms with Crippen LogP contribution in [0, 0.1) is 0 Å². The Balaban J connectivity index is 1.88. The van der Waals surface area contributed by atoms with E-state index in [0.29, 0.717) is 6.04 Å². The maximum atomic E-state index is 3.78. The minimum absolute atomic E-state index is 0.490. The summed E-state index contributed by atoms with van der Waals surface area (Å²) in [4.78, 5) is 0. The topological polar surface area (TPSA) is 12.0 Å². The van der Waals surface area contributed by atoms with Crippen LogP contribution in [0.2, 0.25) is 0 Å². The van der Waals surface area contributed by atoms with E-state index in [2.05, 4.69) is 42.6 Å². The zero-order chi connectivity index (χ0) is 11.2. The molecule has 1 heteroatoms. The lowest BCUT2D eigenvalue weighted by Crippen LogP contribution is -2.30. The average molecular weight is 217 g/mol. The molecule has 0 aromatic heterocycles. The summed E-state index contributed by atoms with van der Waals surface area (Å²) in [6, 6.07) is 12.0. The monoisotopic (exact) mass is 217 g/mol. The molecule has 0 bridgehead atoms. The maximum Gasteiger partial charge on any atom is 0.0294 e. The number of hydrogen-bond donors (Lipinski definition) is 1. The van der Waals surface area contributed by atoms with Gasteiger partial charge in [0.15, 0.2) is 0 Å². The SMILES string of the molecule is C[C@@H](NC1CCCCCC1)c1ccccc1. The Labute approximate surface area is 99.3 Å². The molecule has 0 heterocycles. The summed E-state index contributed by atoms with van der Waals surface area (Å²) in [5.74, 6) is 0. The first-order chi connectivity index (χ1) is 7.86. The highest BCUT2D eigenvalue weighted by Crippen LogP contribution is 2.20.